The molecule has 1 fully saturated rings. The molecule has 0 spiro atoms. The van der Waals surface area contributed by atoms with E-state index in [0.29, 0.717) is 31.7 Å². The molecule has 1 N–H and O–H groups in total. The number of carbonyl (C=O) groups excluding carboxylic acids is 1. The van der Waals surface area contributed by atoms with E-state index in [-0.39, 0.29) is 17.2 Å². The summed E-state index contributed by atoms with van der Waals surface area (Å²) in [5.41, 5.74) is 2.00. The van der Waals surface area contributed by atoms with Gasteiger partial charge >= 0.3 is 6.03 Å². The van der Waals surface area contributed by atoms with Crippen LogP contribution in [0.15, 0.2) is 47.1 Å². The van der Waals surface area contributed by atoms with Gasteiger partial charge in [-0.15, -0.1) is 0 Å². The number of furan rings is 1. The second kappa shape index (κ2) is 7.99. The fraction of sp³-hybridized carbons (Fsp3) is 0.476. The van der Waals surface area contributed by atoms with Crippen LogP contribution >= 0.6 is 0 Å². The number of carbonyl (C=O) groups is 1. The van der Waals surface area contributed by atoms with E-state index in [1.54, 1.807) is 17.0 Å². The highest BCUT2D eigenvalue weighted by Crippen LogP contribution is 2.25. The molecule has 28 heavy (non-hydrogen) atoms. The van der Waals surface area contributed by atoms with E-state index in [0.717, 1.165) is 5.69 Å². The van der Waals surface area contributed by atoms with Gasteiger partial charge in [0, 0.05) is 18.8 Å². The first-order chi connectivity index (χ1) is 13.1. The maximum absolute atomic E-state index is 12.6. The molecule has 2 amide bonds. The summed E-state index contributed by atoms with van der Waals surface area (Å²) in [4.78, 5) is 14.2. The lowest BCUT2D eigenvalue weighted by Gasteiger charge is -2.31. The number of sulfone groups is 1. The average Bonchev–Trinajstić information content (AvgIpc) is 3.14. The number of amides is 2. The van der Waals surface area contributed by atoms with Crippen molar-refractivity contribution < 1.29 is 17.6 Å². The van der Waals surface area contributed by atoms with Crippen molar-refractivity contribution in [3.05, 3.63) is 54.0 Å². The van der Waals surface area contributed by atoms with E-state index in [1.807, 2.05) is 24.3 Å². The molecule has 6 nitrogen and oxygen atoms in total. The predicted octanol–water partition coefficient (Wildman–Crippen LogP) is 4.19. The Balaban J connectivity index is 1.53. The van der Waals surface area contributed by atoms with Crippen LogP contribution in [-0.2, 0) is 21.0 Å². The summed E-state index contributed by atoms with van der Waals surface area (Å²) >= 11 is 0. The fourth-order valence-corrected chi connectivity index (χ4v) is 5.11. The van der Waals surface area contributed by atoms with Gasteiger partial charge in [-0.1, -0.05) is 32.9 Å². The minimum Gasteiger partial charge on any atom is -0.468 e. The molecule has 7 heteroatoms. The third-order valence-electron chi connectivity index (χ3n) is 5.16. The van der Waals surface area contributed by atoms with Crippen molar-refractivity contribution in [3.8, 4) is 0 Å². The Morgan fingerprint density at radius 2 is 1.79 bits per heavy atom. The number of nitrogens with one attached hydrogen (secondary N) is 1. The van der Waals surface area contributed by atoms with E-state index in [1.165, 1.54) is 11.8 Å². The monoisotopic (exact) mass is 404 g/mol. The number of hydrogen-bond acceptors (Lipinski definition) is 4. The number of hydrogen-bond donors (Lipinski definition) is 1. The smallest absolute Gasteiger partial charge is 0.321 e. The highest BCUT2D eigenvalue weighted by atomic mass is 32.2. The van der Waals surface area contributed by atoms with Gasteiger partial charge in [0.1, 0.15) is 11.5 Å². The molecular formula is C21H28N2O4S. The summed E-state index contributed by atoms with van der Waals surface area (Å²) in [7, 11) is -3.29. The van der Waals surface area contributed by atoms with Gasteiger partial charge in [-0.2, -0.15) is 0 Å². The van der Waals surface area contributed by atoms with Gasteiger partial charge in [0.25, 0.3) is 0 Å². The van der Waals surface area contributed by atoms with Gasteiger partial charge in [-0.25, -0.2) is 13.2 Å². The molecule has 0 radical (unpaired) electrons. The topological polar surface area (TPSA) is 79.6 Å². The molecule has 1 aromatic carbocycles. The Hall–Kier alpha value is -2.28. The van der Waals surface area contributed by atoms with Crippen molar-refractivity contribution in [2.45, 2.75) is 50.0 Å². The third-order valence-corrected chi connectivity index (χ3v) is 7.34. The van der Waals surface area contributed by atoms with E-state index < -0.39 is 15.1 Å². The van der Waals surface area contributed by atoms with E-state index in [4.69, 9.17) is 4.42 Å². The standard InChI is InChI=1S/C21H28N2O4S/c1-21(2,3)16-6-8-17(9-7-16)22-20(24)23-12-10-19(11-13-23)28(25,26)15-18-5-4-14-27-18/h4-9,14,19H,10-13,15H2,1-3H3,(H,22,24). The molecule has 0 unspecified atom stereocenters. The molecule has 0 aliphatic carbocycles. The normalized spacial score (nSPS) is 16.2. The lowest BCUT2D eigenvalue weighted by Crippen LogP contribution is -2.44. The van der Waals surface area contributed by atoms with Crippen molar-refractivity contribution >= 4 is 21.6 Å². The molecule has 1 aliphatic rings. The van der Waals surface area contributed by atoms with Crippen LogP contribution in [0.1, 0.15) is 44.9 Å². The van der Waals surface area contributed by atoms with E-state index in [2.05, 4.69) is 26.1 Å². The zero-order chi connectivity index (χ0) is 20.4. The zero-order valence-electron chi connectivity index (χ0n) is 16.6. The Morgan fingerprint density at radius 1 is 1.14 bits per heavy atom. The zero-order valence-corrected chi connectivity index (χ0v) is 17.5. The van der Waals surface area contributed by atoms with Gasteiger partial charge in [0.05, 0.1) is 11.5 Å². The number of anilines is 1. The SMILES string of the molecule is CC(C)(C)c1ccc(NC(=O)N2CCC(S(=O)(=O)Cc3ccco3)CC2)cc1. The summed E-state index contributed by atoms with van der Waals surface area (Å²) in [5, 5.41) is 2.47. The van der Waals surface area contributed by atoms with Gasteiger partial charge < -0.3 is 14.6 Å². The Kier molecular flexibility index (Phi) is 5.84. The summed E-state index contributed by atoms with van der Waals surface area (Å²) in [6, 6.07) is 11.0. The first kappa shape index (κ1) is 20.5. The maximum Gasteiger partial charge on any atom is 0.321 e. The van der Waals surface area contributed by atoms with Gasteiger partial charge in [0.2, 0.25) is 0 Å². The Labute approximate surface area is 166 Å². The quantitative estimate of drug-likeness (QED) is 0.829. The fourth-order valence-electron chi connectivity index (χ4n) is 3.38. The Morgan fingerprint density at radius 3 is 2.32 bits per heavy atom. The summed E-state index contributed by atoms with van der Waals surface area (Å²) < 4.78 is 30.3. The highest BCUT2D eigenvalue weighted by Gasteiger charge is 2.32. The lowest BCUT2D eigenvalue weighted by atomic mass is 9.87. The first-order valence-electron chi connectivity index (χ1n) is 9.55. The molecule has 1 aliphatic heterocycles. The average molecular weight is 405 g/mol. The van der Waals surface area contributed by atoms with Gasteiger partial charge in [-0.05, 0) is 48.1 Å². The molecule has 1 aromatic heterocycles. The first-order valence-corrected chi connectivity index (χ1v) is 11.3. The summed E-state index contributed by atoms with van der Waals surface area (Å²) in [6.45, 7) is 7.28. The van der Waals surface area contributed by atoms with Crippen LogP contribution in [-0.4, -0.2) is 37.7 Å². The summed E-state index contributed by atoms with van der Waals surface area (Å²) in [5.74, 6) is 0.371. The largest absolute Gasteiger partial charge is 0.468 e. The number of rotatable bonds is 4. The van der Waals surface area contributed by atoms with Crippen LogP contribution in [0.25, 0.3) is 0 Å². The van der Waals surface area contributed by atoms with Crippen molar-refractivity contribution in [1.29, 1.82) is 0 Å². The number of likely N-dealkylation sites (tertiary alicyclic amines) is 1. The van der Waals surface area contributed by atoms with Crippen LogP contribution in [0.5, 0.6) is 0 Å². The van der Waals surface area contributed by atoms with Crippen LogP contribution in [0.2, 0.25) is 0 Å². The Bertz CT molecular complexity index is 889. The molecule has 0 bridgehead atoms. The second-order valence-corrected chi connectivity index (χ2v) is 10.6. The predicted molar refractivity (Wildman–Crippen MR) is 110 cm³/mol. The van der Waals surface area contributed by atoms with Crippen molar-refractivity contribution in [2.75, 3.05) is 18.4 Å². The maximum atomic E-state index is 12.6. The van der Waals surface area contributed by atoms with Crippen molar-refractivity contribution in [1.82, 2.24) is 4.90 Å². The van der Waals surface area contributed by atoms with Crippen LogP contribution < -0.4 is 5.32 Å². The molecule has 2 aromatic rings. The highest BCUT2D eigenvalue weighted by molar-refractivity contribution is 7.91. The van der Waals surface area contributed by atoms with Gasteiger partial charge in [-0.3, -0.25) is 0 Å². The second-order valence-electron chi connectivity index (χ2n) is 8.33. The number of urea groups is 1. The van der Waals surface area contributed by atoms with Crippen molar-refractivity contribution in [3.63, 3.8) is 0 Å². The molecular weight excluding hydrogens is 376 g/mol. The number of piperidine rings is 1. The molecule has 1 saturated heterocycles. The number of nitrogens with zero attached hydrogens (tertiary/aromatic N) is 1. The molecule has 3 rings (SSSR count). The molecule has 0 atom stereocenters. The molecule has 0 saturated carbocycles. The van der Waals surface area contributed by atoms with E-state index >= 15 is 0 Å². The molecule has 2 heterocycles. The third kappa shape index (κ3) is 4.95. The number of benzene rings is 1. The minimum absolute atomic E-state index is 0.0611. The van der Waals surface area contributed by atoms with Gasteiger partial charge in [0.15, 0.2) is 9.84 Å². The summed E-state index contributed by atoms with van der Waals surface area (Å²) in [6.07, 6.45) is 2.37. The van der Waals surface area contributed by atoms with Crippen LogP contribution in [0.3, 0.4) is 0 Å². The van der Waals surface area contributed by atoms with E-state index in [9.17, 15) is 13.2 Å². The van der Waals surface area contributed by atoms with Crippen molar-refractivity contribution in [2.24, 2.45) is 0 Å². The molecule has 152 valence electrons. The van der Waals surface area contributed by atoms with Crippen LogP contribution in [0, 0.1) is 0 Å². The van der Waals surface area contributed by atoms with Crippen LogP contribution in [0.4, 0.5) is 10.5 Å². The lowest BCUT2D eigenvalue weighted by molar-refractivity contribution is 0.200. The minimum atomic E-state index is -3.29.